The Bertz CT molecular complexity index is 419. The summed E-state index contributed by atoms with van der Waals surface area (Å²) in [6.07, 6.45) is 7.22. The van der Waals surface area contributed by atoms with Crippen LogP contribution in [-0.2, 0) is 7.05 Å². The van der Waals surface area contributed by atoms with E-state index in [1.807, 2.05) is 11.7 Å². The molecule has 0 spiro atoms. The van der Waals surface area contributed by atoms with E-state index in [0.29, 0.717) is 5.92 Å². The van der Waals surface area contributed by atoms with Gasteiger partial charge in [0, 0.05) is 7.05 Å². The maximum atomic E-state index is 5.80. The molecule has 3 unspecified atom stereocenters. The van der Waals surface area contributed by atoms with Crippen molar-refractivity contribution in [2.45, 2.75) is 31.7 Å². The number of nitrogens with one attached hydrogen (secondary N) is 1. The van der Waals surface area contributed by atoms with E-state index in [1.165, 1.54) is 25.7 Å². The number of ether oxygens (including phenoxy) is 1. The molecule has 0 aliphatic heterocycles. The van der Waals surface area contributed by atoms with Crippen LogP contribution in [0.1, 0.15) is 37.4 Å². The lowest BCUT2D eigenvalue weighted by Gasteiger charge is -2.18. The number of nitrogens with zero attached hydrogens (tertiary/aromatic N) is 2. The topological polar surface area (TPSA) is 65.1 Å². The summed E-state index contributed by atoms with van der Waals surface area (Å²) in [4.78, 5) is 0. The minimum Gasteiger partial charge on any atom is -0.493 e. The average molecular weight is 250 g/mol. The molecule has 3 N–H and O–H groups in total. The van der Waals surface area contributed by atoms with Crippen LogP contribution in [-0.4, -0.2) is 16.9 Å². The highest BCUT2D eigenvalue weighted by Crippen LogP contribution is 2.60. The summed E-state index contributed by atoms with van der Waals surface area (Å²) in [5, 5.41) is 4.28. The molecular weight excluding hydrogens is 228 g/mol. The Kier molecular flexibility index (Phi) is 3.03. The lowest BCUT2D eigenvalue weighted by Crippen LogP contribution is -2.32. The molecule has 0 amide bonds. The molecule has 2 aliphatic carbocycles. The van der Waals surface area contributed by atoms with Gasteiger partial charge in [-0.2, -0.15) is 5.10 Å². The van der Waals surface area contributed by atoms with E-state index in [-0.39, 0.29) is 6.04 Å². The summed E-state index contributed by atoms with van der Waals surface area (Å²) in [6.45, 7) is 0. The lowest BCUT2D eigenvalue weighted by atomic mass is 10.0. The molecule has 2 fully saturated rings. The van der Waals surface area contributed by atoms with E-state index in [0.717, 1.165) is 23.3 Å². The van der Waals surface area contributed by atoms with Gasteiger partial charge in [-0.15, -0.1) is 0 Å². The summed E-state index contributed by atoms with van der Waals surface area (Å²) in [5.41, 5.74) is 4.08. The van der Waals surface area contributed by atoms with Crippen LogP contribution in [0.3, 0.4) is 0 Å². The van der Waals surface area contributed by atoms with Gasteiger partial charge in [0.05, 0.1) is 25.0 Å². The van der Waals surface area contributed by atoms with E-state index in [9.17, 15) is 0 Å². The molecule has 1 aromatic rings. The van der Waals surface area contributed by atoms with Gasteiger partial charge in [0.15, 0.2) is 5.75 Å². The molecule has 5 heteroatoms. The highest BCUT2D eigenvalue weighted by molar-refractivity contribution is 5.30. The number of methoxy groups -OCH3 is 1. The van der Waals surface area contributed by atoms with Gasteiger partial charge in [-0.25, -0.2) is 0 Å². The largest absolute Gasteiger partial charge is 0.493 e. The molecule has 0 radical (unpaired) electrons. The molecule has 1 heterocycles. The molecule has 2 aliphatic rings. The molecule has 18 heavy (non-hydrogen) atoms. The van der Waals surface area contributed by atoms with Crippen molar-refractivity contribution in [3.8, 4) is 5.75 Å². The van der Waals surface area contributed by atoms with Crippen molar-refractivity contribution in [3.63, 3.8) is 0 Å². The lowest BCUT2D eigenvalue weighted by molar-refractivity contribution is 0.375. The van der Waals surface area contributed by atoms with Crippen LogP contribution >= 0.6 is 0 Å². The first kappa shape index (κ1) is 12.0. The first-order valence-corrected chi connectivity index (χ1v) is 6.80. The molecule has 0 saturated heterocycles. The molecule has 3 atom stereocenters. The van der Waals surface area contributed by atoms with E-state index in [2.05, 4.69) is 10.5 Å². The molecule has 3 rings (SSSR count). The fourth-order valence-corrected chi connectivity index (χ4v) is 3.85. The van der Waals surface area contributed by atoms with E-state index < -0.39 is 0 Å². The maximum Gasteiger partial charge on any atom is 0.161 e. The minimum absolute atomic E-state index is 0.167. The Balaban J connectivity index is 1.86. The van der Waals surface area contributed by atoms with Gasteiger partial charge >= 0.3 is 0 Å². The fourth-order valence-electron chi connectivity index (χ4n) is 3.85. The van der Waals surface area contributed by atoms with Gasteiger partial charge in [-0.1, -0.05) is 12.8 Å². The summed E-state index contributed by atoms with van der Waals surface area (Å²) in [5.74, 6) is 8.99. The number of fused-ring (bicyclic) bond motifs is 1. The van der Waals surface area contributed by atoms with Crippen molar-refractivity contribution in [2.75, 3.05) is 7.11 Å². The zero-order valence-electron chi connectivity index (χ0n) is 11.1. The van der Waals surface area contributed by atoms with Crippen LogP contribution in [0.2, 0.25) is 0 Å². The predicted molar refractivity (Wildman–Crippen MR) is 68.8 cm³/mol. The Morgan fingerprint density at radius 3 is 2.67 bits per heavy atom. The number of hydrazine groups is 1. The van der Waals surface area contributed by atoms with Crippen LogP contribution in [0.5, 0.6) is 5.75 Å². The second kappa shape index (κ2) is 4.55. The Morgan fingerprint density at radius 2 is 2.11 bits per heavy atom. The van der Waals surface area contributed by atoms with Crippen molar-refractivity contribution in [1.29, 1.82) is 0 Å². The van der Waals surface area contributed by atoms with Crippen LogP contribution in [0.15, 0.2) is 6.20 Å². The molecule has 0 aromatic carbocycles. The number of rotatable bonds is 4. The van der Waals surface area contributed by atoms with Gasteiger partial charge in [0.25, 0.3) is 0 Å². The monoisotopic (exact) mass is 250 g/mol. The van der Waals surface area contributed by atoms with Crippen molar-refractivity contribution in [3.05, 3.63) is 11.9 Å². The summed E-state index contributed by atoms with van der Waals surface area (Å²) < 4.78 is 7.28. The van der Waals surface area contributed by atoms with Gasteiger partial charge in [0.1, 0.15) is 0 Å². The number of nitrogens with two attached hydrogens (primary N) is 1. The predicted octanol–water partition coefficient (Wildman–Crippen LogP) is 1.37. The highest BCUT2D eigenvalue weighted by atomic mass is 16.5. The first-order valence-electron chi connectivity index (χ1n) is 6.80. The SMILES string of the molecule is COc1cnn(C)c1C(NN)C1C2CCCCC21. The van der Waals surface area contributed by atoms with Crippen LogP contribution in [0.25, 0.3) is 0 Å². The number of hydrogen-bond acceptors (Lipinski definition) is 4. The molecule has 5 nitrogen and oxygen atoms in total. The summed E-state index contributed by atoms with van der Waals surface area (Å²) in [6, 6.07) is 0.167. The van der Waals surface area contributed by atoms with Crippen molar-refractivity contribution < 1.29 is 4.74 Å². The quantitative estimate of drug-likeness (QED) is 0.625. The molecular formula is C13H22N4O. The average Bonchev–Trinajstić information content (AvgIpc) is 3.00. The van der Waals surface area contributed by atoms with Gasteiger partial charge < -0.3 is 4.74 Å². The van der Waals surface area contributed by atoms with Gasteiger partial charge in [-0.05, 0) is 30.6 Å². The van der Waals surface area contributed by atoms with Crippen LogP contribution in [0, 0.1) is 17.8 Å². The minimum atomic E-state index is 0.167. The van der Waals surface area contributed by atoms with Crippen molar-refractivity contribution in [1.82, 2.24) is 15.2 Å². The third-order valence-electron chi connectivity index (χ3n) is 4.75. The van der Waals surface area contributed by atoms with Crippen LogP contribution in [0.4, 0.5) is 0 Å². The third kappa shape index (κ3) is 1.73. The normalized spacial score (nSPS) is 31.8. The summed E-state index contributed by atoms with van der Waals surface area (Å²) in [7, 11) is 3.64. The zero-order chi connectivity index (χ0) is 12.7. The van der Waals surface area contributed by atoms with E-state index >= 15 is 0 Å². The Hall–Kier alpha value is -1.07. The van der Waals surface area contributed by atoms with Crippen molar-refractivity contribution in [2.24, 2.45) is 30.6 Å². The first-order chi connectivity index (χ1) is 8.77. The standard InChI is InChI=1S/C13H22N4O/c1-17-13(10(18-2)7-15-17)12(16-14)11-8-5-3-4-6-9(8)11/h7-9,11-12,16H,3-6,14H2,1-2H3. The Labute approximate surface area is 108 Å². The summed E-state index contributed by atoms with van der Waals surface area (Å²) >= 11 is 0. The number of aryl methyl sites for hydroxylation is 1. The van der Waals surface area contributed by atoms with E-state index in [1.54, 1.807) is 13.3 Å². The molecule has 0 bridgehead atoms. The maximum absolute atomic E-state index is 5.80. The van der Waals surface area contributed by atoms with Crippen LogP contribution < -0.4 is 16.0 Å². The Morgan fingerprint density at radius 1 is 1.44 bits per heavy atom. The molecule has 2 saturated carbocycles. The zero-order valence-corrected chi connectivity index (χ0v) is 11.1. The smallest absolute Gasteiger partial charge is 0.161 e. The van der Waals surface area contributed by atoms with E-state index in [4.69, 9.17) is 10.6 Å². The van der Waals surface area contributed by atoms with Gasteiger partial charge in [-0.3, -0.25) is 16.0 Å². The van der Waals surface area contributed by atoms with Gasteiger partial charge in [0.2, 0.25) is 0 Å². The number of hydrogen-bond donors (Lipinski definition) is 2. The second-order valence-electron chi connectivity index (χ2n) is 5.56. The molecule has 1 aromatic heterocycles. The highest BCUT2D eigenvalue weighted by Gasteiger charge is 2.55. The number of aromatic nitrogens is 2. The van der Waals surface area contributed by atoms with Crippen molar-refractivity contribution >= 4 is 0 Å². The fraction of sp³-hybridized carbons (Fsp3) is 0.769. The third-order valence-corrected chi connectivity index (χ3v) is 4.75. The molecule has 100 valence electrons. The second-order valence-corrected chi connectivity index (χ2v) is 5.56.